The minimum Gasteiger partial charge on any atom is -0.478 e. The predicted molar refractivity (Wildman–Crippen MR) is 138 cm³/mol. The Morgan fingerprint density at radius 1 is 1.00 bits per heavy atom. The Balaban J connectivity index is 2.12. The van der Waals surface area contributed by atoms with E-state index in [2.05, 4.69) is 12.2 Å². The molecule has 0 aromatic heterocycles. The number of carbonyl (C=O) groups is 2. The SMILES string of the molecule is CCCCCCCCCCC(C)OC(=O)C1=C(C)NC(C)=C(C(=O)O)C1c1cccc(Cl)c1Cl. The number of carbonyl (C=O) groups excluding carboxylic acids is 1. The maximum Gasteiger partial charge on any atom is 0.337 e. The number of carboxylic acids is 1. The fourth-order valence-electron chi connectivity index (χ4n) is 4.47. The number of esters is 1. The molecule has 0 aliphatic carbocycles. The molecular weight excluding hydrogens is 473 g/mol. The van der Waals surface area contributed by atoms with E-state index < -0.39 is 17.9 Å². The summed E-state index contributed by atoms with van der Waals surface area (Å²) in [7, 11) is 0. The number of hydrogen-bond acceptors (Lipinski definition) is 4. The van der Waals surface area contributed by atoms with Crippen LogP contribution in [-0.4, -0.2) is 23.1 Å². The largest absolute Gasteiger partial charge is 0.478 e. The molecule has 188 valence electrons. The second kappa shape index (κ2) is 13.8. The predicted octanol–water partition coefficient (Wildman–Crippen LogP) is 7.78. The van der Waals surface area contributed by atoms with Crippen molar-refractivity contribution in [3.05, 3.63) is 56.3 Å². The average molecular weight is 511 g/mol. The van der Waals surface area contributed by atoms with Crippen LogP contribution < -0.4 is 5.32 Å². The molecule has 1 aliphatic heterocycles. The summed E-state index contributed by atoms with van der Waals surface area (Å²) >= 11 is 12.7. The highest BCUT2D eigenvalue weighted by molar-refractivity contribution is 6.42. The van der Waals surface area contributed by atoms with Crippen molar-refractivity contribution in [2.75, 3.05) is 0 Å². The summed E-state index contributed by atoms with van der Waals surface area (Å²) in [4.78, 5) is 25.5. The topological polar surface area (TPSA) is 75.6 Å². The third-order valence-electron chi connectivity index (χ3n) is 6.28. The first kappa shape index (κ1) is 28.3. The molecule has 0 spiro atoms. The lowest BCUT2D eigenvalue weighted by Gasteiger charge is -2.31. The monoisotopic (exact) mass is 509 g/mol. The first-order chi connectivity index (χ1) is 16.2. The fraction of sp³-hybridized carbons (Fsp3) is 0.556. The lowest BCUT2D eigenvalue weighted by atomic mass is 9.80. The number of halogens is 2. The number of hydrogen-bond donors (Lipinski definition) is 2. The van der Waals surface area contributed by atoms with Crippen molar-refractivity contribution in [3.8, 4) is 0 Å². The zero-order valence-corrected chi connectivity index (χ0v) is 22.2. The number of benzene rings is 1. The minimum absolute atomic E-state index is 0.0532. The third kappa shape index (κ3) is 7.51. The molecule has 2 atom stereocenters. The van der Waals surface area contributed by atoms with Crippen molar-refractivity contribution in [1.29, 1.82) is 0 Å². The molecule has 1 aromatic rings. The number of dihydropyridines is 1. The van der Waals surface area contributed by atoms with Gasteiger partial charge in [0.05, 0.1) is 33.2 Å². The van der Waals surface area contributed by atoms with Crippen LogP contribution in [0.5, 0.6) is 0 Å². The molecule has 1 heterocycles. The van der Waals surface area contributed by atoms with Gasteiger partial charge in [-0.05, 0) is 45.2 Å². The molecule has 0 saturated carbocycles. The second-order valence-electron chi connectivity index (χ2n) is 9.06. The van der Waals surface area contributed by atoms with Gasteiger partial charge in [-0.25, -0.2) is 9.59 Å². The van der Waals surface area contributed by atoms with Gasteiger partial charge in [0.2, 0.25) is 0 Å². The molecule has 5 nitrogen and oxygen atoms in total. The Morgan fingerprint density at radius 3 is 2.21 bits per heavy atom. The zero-order valence-electron chi connectivity index (χ0n) is 20.7. The highest BCUT2D eigenvalue weighted by atomic mass is 35.5. The van der Waals surface area contributed by atoms with Crippen LogP contribution in [0.25, 0.3) is 0 Å². The number of rotatable bonds is 13. The van der Waals surface area contributed by atoms with Crippen molar-refractivity contribution >= 4 is 35.1 Å². The highest BCUT2D eigenvalue weighted by Crippen LogP contribution is 2.43. The van der Waals surface area contributed by atoms with Gasteiger partial charge in [-0.15, -0.1) is 0 Å². The molecule has 7 heteroatoms. The number of ether oxygens (including phenoxy) is 1. The molecular formula is C27H37Cl2NO4. The van der Waals surface area contributed by atoms with Crippen LogP contribution in [-0.2, 0) is 14.3 Å². The number of allylic oxidation sites excluding steroid dienone is 2. The summed E-state index contributed by atoms with van der Waals surface area (Å²) < 4.78 is 5.78. The second-order valence-corrected chi connectivity index (χ2v) is 9.85. The third-order valence-corrected chi connectivity index (χ3v) is 7.11. The first-order valence-corrected chi connectivity index (χ1v) is 13.0. The van der Waals surface area contributed by atoms with E-state index in [1.54, 1.807) is 32.0 Å². The number of unbranched alkanes of at least 4 members (excludes halogenated alkanes) is 7. The van der Waals surface area contributed by atoms with Gasteiger partial charge in [-0.2, -0.15) is 0 Å². The molecule has 0 amide bonds. The molecule has 0 radical (unpaired) electrons. The molecule has 34 heavy (non-hydrogen) atoms. The highest BCUT2D eigenvalue weighted by Gasteiger charge is 2.38. The standard InChI is InChI=1S/C27H37Cl2NO4/c1-5-6-7-8-9-10-11-12-14-17(2)34-27(33)23-19(4)30-18(3)22(26(31)32)24(23)20-15-13-16-21(28)25(20)29/h13,15-17,24,30H,5-12,14H2,1-4H3,(H,31,32). The van der Waals surface area contributed by atoms with Gasteiger partial charge in [0.25, 0.3) is 0 Å². The lowest BCUT2D eigenvalue weighted by Crippen LogP contribution is -2.33. The van der Waals surface area contributed by atoms with Crippen molar-refractivity contribution < 1.29 is 19.4 Å². The van der Waals surface area contributed by atoms with E-state index in [4.69, 9.17) is 27.9 Å². The van der Waals surface area contributed by atoms with Crippen molar-refractivity contribution in [2.24, 2.45) is 0 Å². The summed E-state index contributed by atoms with van der Waals surface area (Å²) in [5, 5.41) is 13.5. The van der Waals surface area contributed by atoms with Gasteiger partial charge >= 0.3 is 11.9 Å². The Kier molecular flexibility index (Phi) is 11.5. The van der Waals surface area contributed by atoms with E-state index >= 15 is 0 Å². The molecule has 2 N–H and O–H groups in total. The van der Waals surface area contributed by atoms with Gasteiger partial charge in [-0.1, -0.05) is 87.2 Å². The Morgan fingerprint density at radius 2 is 1.59 bits per heavy atom. The number of carboxylic acid groups (broad SMARTS) is 1. The Bertz CT molecular complexity index is 939. The molecule has 2 rings (SSSR count). The Labute approximate surface area is 213 Å². The average Bonchev–Trinajstić information content (AvgIpc) is 2.76. The maximum absolute atomic E-state index is 13.3. The van der Waals surface area contributed by atoms with Crippen LogP contribution in [0.15, 0.2) is 40.7 Å². The van der Waals surface area contributed by atoms with E-state index in [1.165, 1.54) is 38.5 Å². The van der Waals surface area contributed by atoms with Crippen molar-refractivity contribution in [2.45, 2.75) is 97.5 Å². The molecule has 0 bridgehead atoms. The Hall–Kier alpha value is -1.98. The van der Waals surface area contributed by atoms with Gasteiger partial charge in [0.1, 0.15) is 0 Å². The molecule has 1 aliphatic rings. The molecule has 0 fully saturated rings. The normalized spacial score (nSPS) is 16.9. The quantitative estimate of drug-likeness (QED) is 0.209. The van der Waals surface area contributed by atoms with Crippen LogP contribution in [0.1, 0.15) is 97.0 Å². The number of nitrogens with one attached hydrogen (secondary N) is 1. The summed E-state index contributed by atoms with van der Waals surface area (Å²) in [6.45, 7) is 7.51. The van der Waals surface area contributed by atoms with E-state index in [9.17, 15) is 14.7 Å². The smallest absolute Gasteiger partial charge is 0.337 e. The van der Waals surface area contributed by atoms with Gasteiger partial charge in [-0.3, -0.25) is 0 Å². The van der Waals surface area contributed by atoms with Crippen LogP contribution in [0.2, 0.25) is 10.0 Å². The van der Waals surface area contributed by atoms with Crippen LogP contribution >= 0.6 is 23.2 Å². The molecule has 1 aromatic carbocycles. The van der Waals surface area contributed by atoms with Crippen molar-refractivity contribution in [1.82, 2.24) is 5.32 Å². The summed E-state index contributed by atoms with van der Waals surface area (Å²) in [6, 6.07) is 5.03. The van der Waals surface area contributed by atoms with Gasteiger partial charge in [0.15, 0.2) is 0 Å². The summed E-state index contributed by atoms with van der Waals surface area (Å²) in [5.41, 5.74) is 1.77. The van der Waals surface area contributed by atoms with E-state index in [-0.39, 0.29) is 22.3 Å². The van der Waals surface area contributed by atoms with Gasteiger partial charge < -0.3 is 15.2 Å². The van der Waals surface area contributed by atoms with E-state index in [0.717, 1.165) is 19.3 Å². The molecule has 2 unspecified atom stereocenters. The summed E-state index contributed by atoms with van der Waals surface area (Å²) in [6.07, 6.45) is 10.2. The summed E-state index contributed by atoms with van der Waals surface area (Å²) in [5.74, 6) is -2.55. The van der Waals surface area contributed by atoms with E-state index in [1.807, 2.05) is 6.92 Å². The zero-order chi connectivity index (χ0) is 25.3. The van der Waals surface area contributed by atoms with Gasteiger partial charge in [0, 0.05) is 11.4 Å². The number of aliphatic carboxylic acids is 1. The van der Waals surface area contributed by atoms with Crippen molar-refractivity contribution in [3.63, 3.8) is 0 Å². The van der Waals surface area contributed by atoms with Crippen LogP contribution in [0.4, 0.5) is 0 Å². The first-order valence-electron chi connectivity index (χ1n) is 12.3. The van der Waals surface area contributed by atoms with Crippen LogP contribution in [0, 0.1) is 0 Å². The minimum atomic E-state index is -1.13. The van der Waals surface area contributed by atoms with Crippen LogP contribution in [0.3, 0.4) is 0 Å². The fourth-order valence-corrected chi connectivity index (χ4v) is 4.89. The molecule has 0 saturated heterocycles. The maximum atomic E-state index is 13.3. The van der Waals surface area contributed by atoms with E-state index in [0.29, 0.717) is 22.0 Å². The lowest BCUT2D eigenvalue weighted by molar-refractivity contribution is -0.144.